The SMILES string of the molecule is Cc1cc(C)nc(NC(=O)C2CNc3ccccc3C2)n1. The van der Waals surface area contributed by atoms with E-state index in [0.29, 0.717) is 12.5 Å². The van der Waals surface area contributed by atoms with Crippen molar-refractivity contribution in [2.45, 2.75) is 20.3 Å². The number of anilines is 2. The predicted octanol–water partition coefficient (Wildman–Crippen LogP) is 2.32. The zero-order valence-electron chi connectivity index (χ0n) is 12.2. The minimum absolute atomic E-state index is 0.0398. The van der Waals surface area contributed by atoms with E-state index in [1.165, 1.54) is 5.56 Å². The van der Waals surface area contributed by atoms with Gasteiger partial charge in [-0.2, -0.15) is 0 Å². The zero-order chi connectivity index (χ0) is 14.8. The number of carbonyl (C=O) groups is 1. The number of para-hydroxylation sites is 1. The first kappa shape index (κ1) is 13.5. The van der Waals surface area contributed by atoms with Gasteiger partial charge in [-0.1, -0.05) is 18.2 Å². The highest BCUT2D eigenvalue weighted by atomic mass is 16.2. The van der Waals surface area contributed by atoms with Gasteiger partial charge in [0.25, 0.3) is 0 Å². The topological polar surface area (TPSA) is 66.9 Å². The number of hydrogen-bond donors (Lipinski definition) is 2. The molecule has 0 fully saturated rings. The number of rotatable bonds is 2. The summed E-state index contributed by atoms with van der Waals surface area (Å²) in [4.78, 5) is 20.9. The van der Waals surface area contributed by atoms with Crippen LogP contribution in [-0.4, -0.2) is 22.4 Å². The highest BCUT2D eigenvalue weighted by Crippen LogP contribution is 2.24. The van der Waals surface area contributed by atoms with Crippen molar-refractivity contribution in [2.24, 2.45) is 5.92 Å². The lowest BCUT2D eigenvalue weighted by atomic mass is 9.93. The van der Waals surface area contributed by atoms with E-state index in [1.807, 2.05) is 38.1 Å². The first-order chi connectivity index (χ1) is 10.1. The van der Waals surface area contributed by atoms with Crippen molar-refractivity contribution in [3.05, 3.63) is 47.3 Å². The predicted molar refractivity (Wildman–Crippen MR) is 82.3 cm³/mol. The molecule has 2 N–H and O–H groups in total. The molecule has 0 aliphatic carbocycles. The molecule has 3 rings (SSSR count). The molecule has 1 atom stereocenters. The summed E-state index contributed by atoms with van der Waals surface area (Å²) >= 11 is 0. The maximum atomic E-state index is 12.4. The number of nitrogens with zero attached hydrogens (tertiary/aromatic N) is 2. The van der Waals surface area contributed by atoms with E-state index >= 15 is 0 Å². The lowest BCUT2D eigenvalue weighted by molar-refractivity contribution is -0.119. The fourth-order valence-electron chi connectivity index (χ4n) is 2.62. The third kappa shape index (κ3) is 3.02. The van der Waals surface area contributed by atoms with E-state index in [4.69, 9.17) is 0 Å². The maximum absolute atomic E-state index is 12.4. The van der Waals surface area contributed by atoms with Gasteiger partial charge in [-0.05, 0) is 38.0 Å². The Morgan fingerprint density at radius 2 is 1.95 bits per heavy atom. The van der Waals surface area contributed by atoms with Gasteiger partial charge in [0, 0.05) is 23.6 Å². The number of aryl methyl sites for hydroxylation is 2. The van der Waals surface area contributed by atoms with Crippen LogP contribution in [0.4, 0.5) is 11.6 Å². The molecule has 21 heavy (non-hydrogen) atoms. The maximum Gasteiger partial charge on any atom is 0.231 e. The monoisotopic (exact) mass is 282 g/mol. The lowest BCUT2D eigenvalue weighted by Crippen LogP contribution is -2.34. The van der Waals surface area contributed by atoms with Gasteiger partial charge in [-0.25, -0.2) is 9.97 Å². The van der Waals surface area contributed by atoms with Gasteiger partial charge in [0.05, 0.1) is 5.92 Å². The van der Waals surface area contributed by atoms with Crippen LogP contribution >= 0.6 is 0 Å². The number of carbonyl (C=O) groups excluding carboxylic acids is 1. The van der Waals surface area contributed by atoms with Crippen molar-refractivity contribution in [2.75, 3.05) is 17.2 Å². The summed E-state index contributed by atoms with van der Waals surface area (Å²) in [5, 5.41) is 6.12. The molecule has 0 bridgehead atoms. The summed E-state index contributed by atoms with van der Waals surface area (Å²) in [6.07, 6.45) is 0.736. The number of fused-ring (bicyclic) bond motifs is 1. The van der Waals surface area contributed by atoms with Crippen LogP contribution in [0.3, 0.4) is 0 Å². The van der Waals surface area contributed by atoms with Crippen LogP contribution in [0.5, 0.6) is 0 Å². The molecule has 108 valence electrons. The molecule has 2 heterocycles. The molecule has 1 amide bonds. The number of hydrogen-bond acceptors (Lipinski definition) is 4. The highest BCUT2D eigenvalue weighted by molar-refractivity contribution is 5.92. The third-order valence-electron chi connectivity index (χ3n) is 3.61. The Labute approximate surface area is 123 Å². The van der Waals surface area contributed by atoms with Gasteiger partial charge in [-0.15, -0.1) is 0 Å². The lowest BCUT2D eigenvalue weighted by Gasteiger charge is -2.25. The van der Waals surface area contributed by atoms with Gasteiger partial charge >= 0.3 is 0 Å². The van der Waals surface area contributed by atoms with Gasteiger partial charge in [0.2, 0.25) is 11.9 Å². The number of nitrogens with one attached hydrogen (secondary N) is 2. The minimum atomic E-state index is -0.107. The van der Waals surface area contributed by atoms with E-state index in [2.05, 4.69) is 26.7 Å². The summed E-state index contributed by atoms with van der Waals surface area (Å²) in [6, 6.07) is 9.96. The molecule has 1 unspecified atom stereocenters. The Kier molecular flexibility index (Phi) is 3.56. The van der Waals surface area contributed by atoms with Crippen LogP contribution in [0.1, 0.15) is 17.0 Å². The fourth-order valence-corrected chi connectivity index (χ4v) is 2.62. The smallest absolute Gasteiger partial charge is 0.231 e. The third-order valence-corrected chi connectivity index (χ3v) is 3.61. The molecule has 1 aromatic heterocycles. The van der Waals surface area contributed by atoms with Gasteiger partial charge in [0.15, 0.2) is 0 Å². The molecule has 1 aromatic carbocycles. The molecular weight excluding hydrogens is 264 g/mol. The van der Waals surface area contributed by atoms with Crippen LogP contribution in [0.2, 0.25) is 0 Å². The second kappa shape index (κ2) is 5.52. The van der Waals surface area contributed by atoms with E-state index in [9.17, 15) is 4.79 Å². The molecule has 0 radical (unpaired) electrons. The molecule has 0 spiro atoms. The van der Waals surface area contributed by atoms with Gasteiger partial charge < -0.3 is 5.32 Å². The van der Waals surface area contributed by atoms with Crippen molar-refractivity contribution >= 4 is 17.5 Å². The largest absolute Gasteiger partial charge is 0.384 e. The minimum Gasteiger partial charge on any atom is -0.384 e. The molecule has 0 saturated heterocycles. The summed E-state index contributed by atoms with van der Waals surface area (Å²) in [5.74, 6) is 0.239. The second-order valence-corrected chi connectivity index (χ2v) is 5.40. The van der Waals surface area contributed by atoms with Crippen molar-refractivity contribution < 1.29 is 4.79 Å². The van der Waals surface area contributed by atoms with E-state index in [-0.39, 0.29) is 11.8 Å². The van der Waals surface area contributed by atoms with Crippen molar-refractivity contribution in [3.63, 3.8) is 0 Å². The van der Waals surface area contributed by atoms with Crippen molar-refractivity contribution in [3.8, 4) is 0 Å². The Bertz CT molecular complexity index is 663. The van der Waals surface area contributed by atoms with Gasteiger partial charge in [-0.3, -0.25) is 10.1 Å². The van der Waals surface area contributed by atoms with Crippen LogP contribution < -0.4 is 10.6 Å². The first-order valence-corrected chi connectivity index (χ1v) is 7.07. The summed E-state index contributed by atoms with van der Waals surface area (Å²) < 4.78 is 0. The number of amides is 1. The Morgan fingerprint density at radius 3 is 2.71 bits per heavy atom. The van der Waals surface area contributed by atoms with Crippen LogP contribution in [0.25, 0.3) is 0 Å². The normalized spacial score (nSPS) is 16.8. The molecule has 1 aliphatic rings. The Morgan fingerprint density at radius 1 is 1.24 bits per heavy atom. The van der Waals surface area contributed by atoms with Crippen molar-refractivity contribution in [1.82, 2.24) is 9.97 Å². The van der Waals surface area contributed by atoms with Crippen molar-refractivity contribution in [1.29, 1.82) is 0 Å². The Balaban J connectivity index is 1.72. The molecule has 0 saturated carbocycles. The average molecular weight is 282 g/mol. The standard InChI is InChI=1S/C16H18N4O/c1-10-7-11(2)19-16(18-10)20-15(21)13-8-12-5-3-4-6-14(12)17-9-13/h3-7,13,17H,8-9H2,1-2H3,(H,18,19,20,21). The van der Waals surface area contributed by atoms with E-state index in [0.717, 1.165) is 23.5 Å². The van der Waals surface area contributed by atoms with Crippen LogP contribution in [0.15, 0.2) is 30.3 Å². The van der Waals surface area contributed by atoms with Crippen LogP contribution in [-0.2, 0) is 11.2 Å². The molecule has 1 aliphatic heterocycles. The quantitative estimate of drug-likeness (QED) is 0.887. The highest BCUT2D eigenvalue weighted by Gasteiger charge is 2.24. The average Bonchev–Trinajstić information content (AvgIpc) is 2.45. The van der Waals surface area contributed by atoms with Gasteiger partial charge in [0.1, 0.15) is 0 Å². The molecular formula is C16H18N4O. The van der Waals surface area contributed by atoms with E-state index < -0.39 is 0 Å². The molecule has 5 heteroatoms. The summed E-state index contributed by atoms with van der Waals surface area (Å²) in [7, 11) is 0. The first-order valence-electron chi connectivity index (χ1n) is 7.07. The summed E-state index contributed by atoms with van der Waals surface area (Å²) in [5.41, 5.74) is 3.99. The number of aromatic nitrogens is 2. The molecule has 2 aromatic rings. The number of benzene rings is 1. The fraction of sp³-hybridized carbons (Fsp3) is 0.312. The second-order valence-electron chi connectivity index (χ2n) is 5.40. The zero-order valence-corrected chi connectivity index (χ0v) is 12.2. The van der Waals surface area contributed by atoms with E-state index in [1.54, 1.807) is 0 Å². The molecule has 5 nitrogen and oxygen atoms in total. The Hall–Kier alpha value is -2.43. The van der Waals surface area contributed by atoms with Crippen LogP contribution in [0, 0.1) is 19.8 Å². The summed E-state index contributed by atoms with van der Waals surface area (Å²) in [6.45, 7) is 4.42.